The Morgan fingerprint density at radius 3 is 2.53 bits per heavy atom. The van der Waals surface area contributed by atoms with Crippen LogP contribution in [0.5, 0.6) is 0 Å². The monoisotopic (exact) mass is 238 g/mol. The Bertz CT molecular complexity index is 502. The molecule has 0 bridgehead atoms. The molecule has 1 atom stereocenters. The summed E-state index contributed by atoms with van der Waals surface area (Å²) >= 11 is 0. The molecule has 4 nitrogen and oxygen atoms in total. The molecule has 1 unspecified atom stereocenters. The van der Waals surface area contributed by atoms with E-state index in [9.17, 15) is 8.78 Å². The lowest BCUT2D eigenvalue weighted by molar-refractivity contribution is 0.528. The summed E-state index contributed by atoms with van der Waals surface area (Å²) in [7, 11) is 0. The van der Waals surface area contributed by atoms with Crippen molar-refractivity contribution in [2.45, 2.75) is 19.5 Å². The second-order valence-electron chi connectivity index (χ2n) is 3.83. The predicted molar refractivity (Wildman–Crippen MR) is 58.1 cm³/mol. The van der Waals surface area contributed by atoms with Crippen molar-refractivity contribution in [1.82, 2.24) is 15.0 Å². The van der Waals surface area contributed by atoms with Gasteiger partial charge in [-0.3, -0.25) is 0 Å². The molecular formula is C11H12F2N4. The highest BCUT2D eigenvalue weighted by Gasteiger charge is 2.11. The van der Waals surface area contributed by atoms with Gasteiger partial charge in [0.15, 0.2) is 0 Å². The average Bonchev–Trinajstić information content (AvgIpc) is 2.72. The Balaban J connectivity index is 2.25. The average molecular weight is 238 g/mol. The molecule has 1 heterocycles. The Hall–Kier alpha value is -1.82. The number of nitrogens with two attached hydrogens (primary N) is 1. The first-order valence-corrected chi connectivity index (χ1v) is 5.16. The zero-order valence-corrected chi connectivity index (χ0v) is 9.27. The van der Waals surface area contributed by atoms with Crippen molar-refractivity contribution in [2.24, 2.45) is 5.73 Å². The fraction of sp³-hybridized carbons (Fsp3) is 0.273. The molecule has 0 aliphatic rings. The third-order valence-corrected chi connectivity index (χ3v) is 2.40. The predicted octanol–water partition coefficient (Wildman–Crippen LogP) is 1.62. The molecule has 1 aromatic heterocycles. The minimum Gasteiger partial charge on any atom is -0.323 e. The molecule has 0 saturated heterocycles. The second kappa shape index (κ2) is 4.58. The van der Waals surface area contributed by atoms with Crippen molar-refractivity contribution < 1.29 is 8.78 Å². The van der Waals surface area contributed by atoms with Crippen LogP contribution in [-0.2, 0) is 6.54 Å². The number of hydrogen-bond donors (Lipinski definition) is 1. The quantitative estimate of drug-likeness (QED) is 0.884. The number of halogens is 2. The largest absolute Gasteiger partial charge is 0.323 e. The number of benzene rings is 1. The van der Waals surface area contributed by atoms with Crippen LogP contribution in [0.25, 0.3) is 0 Å². The number of aromatic nitrogens is 3. The van der Waals surface area contributed by atoms with E-state index < -0.39 is 11.6 Å². The third-order valence-electron chi connectivity index (χ3n) is 2.40. The minimum absolute atomic E-state index is 0.00176. The van der Waals surface area contributed by atoms with Gasteiger partial charge in [0.05, 0.1) is 18.4 Å². The van der Waals surface area contributed by atoms with Gasteiger partial charge in [-0.15, -0.1) is 5.10 Å². The Kier molecular flexibility index (Phi) is 3.14. The zero-order valence-electron chi connectivity index (χ0n) is 9.27. The van der Waals surface area contributed by atoms with Crippen molar-refractivity contribution in [2.75, 3.05) is 0 Å². The van der Waals surface area contributed by atoms with E-state index in [1.165, 1.54) is 22.9 Å². The fourth-order valence-electron chi connectivity index (χ4n) is 1.44. The highest BCUT2D eigenvalue weighted by atomic mass is 19.1. The third kappa shape index (κ3) is 2.47. The first-order chi connectivity index (χ1) is 8.08. The van der Waals surface area contributed by atoms with Gasteiger partial charge in [0.1, 0.15) is 11.6 Å². The van der Waals surface area contributed by atoms with Crippen LogP contribution in [0.3, 0.4) is 0 Å². The van der Waals surface area contributed by atoms with Crippen LogP contribution >= 0.6 is 0 Å². The highest BCUT2D eigenvalue weighted by molar-refractivity contribution is 5.19. The first-order valence-electron chi connectivity index (χ1n) is 5.16. The first kappa shape index (κ1) is 11.7. The van der Waals surface area contributed by atoms with Gasteiger partial charge in [-0.2, -0.15) is 0 Å². The summed E-state index contributed by atoms with van der Waals surface area (Å²) in [6.07, 6.45) is 1.58. The van der Waals surface area contributed by atoms with Crippen LogP contribution in [0.1, 0.15) is 24.2 Å². The number of nitrogens with zero attached hydrogens (tertiary/aromatic N) is 3. The van der Waals surface area contributed by atoms with Gasteiger partial charge in [-0.05, 0) is 19.1 Å². The van der Waals surface area contributed by atoms with Crippen LogP contribution in [-0.4, -0.2) is 15.0 Å². The van der Waals surface area contributed by atoms with Crippen LogP contribution in [0.4, 0.5) is 8.78 Å². The van der Waals surface area contributed by atoms with Crippen molar-refractivity contribution in [3.05, 3.63) is 47.3 Å². The smallest absolute Gasteiger partial charge is 0.131 e. The van der Waals surface area contributed by atoms with Crippen molar-refractivity contribution in [1.29, 1.82) is 0 Å². The van der Waals surface area contributed by atoms with Crippen LogP contribution in [0.2, 0.25) is 0 Å². The summed E-state index contributed by atoms with van der Waals surface area (Å²) in [5.41, 5.74) is 6.17. The van der Waals surface area contributed by atoms with Gasteiger partial charge in [-0.1, -0.05) is 11.3 Å². The summed E-state index contributed by atoms with van der Waals surface area (Å²) in [6, 6.07) is 3.49. The topological polar surface area (TPSA) is 56.7 Å². The summed E-state index contributed by atoms with van der Waals surface area (Å²) in [6.45, 7) is 1.76. The van der Waals surface area contributed by atoms with Crippen LogP contribution in [0.15, 0.2) is 24.4 Å². The Morgan fingerprint density at radius 2 is 2.00 bits per heavy atom. The van der Waals surface area contributed by atoms with Gasteiger partial charge in [-0.25, -0.2) is 13.5 Å². The molecule has 0 amide bonds. The molecule has 0 aliphatic heterocycles. The maximum Gasteiger partial charge on any atom is 0.131 e. The standard InChI is InChI=1S/C11H12F2N4/c1-7(14)11-6-17(16-15-11)5-8-9(12)3-2-4-10(8)13/h2-4,6-7H,5,14H2,1H3. The molecule has 0 fully saturated rings. The van der Waals surface area contributed by atoms with E-state index in [0.29, 0.717) is 5.69 Å². The summed E-state index contributed by atoms with van der Waals surface area (Å²) in [4.78, 5) is 0. The minimum atomic E-state index is -0.595. The van der Waals surface area contributed by atoms with E-state index in [1.807, 2.05) is 0 Å². The number of rotatable bonds is 3. The lowest BCUT2D eigenvalue weighted by Crippen LogP contribution is -2.06. The highest BCUT2D eigenvalue weighted by Crippen LogP contribution is 2.14. The SMILES string of the molecule is CC(N)c1cn(Cc2c(F)cccc2F)nn1. The second-order valence-corrected chi connectivity index (χ2v) is 3.83. The Labute approximate surface area is 97.0 Å². The van der Waals surface area contributed by atoms with Crippen molar-refractivity contribution >= 4 is 0 Å². The normalized spacial score (nSPS) is 12.7. The molecule has 1 aromatic carbocycles. The maximum absolute atomic E-state index is 13.4. The van der Waals surface area contributed by atoms with E-state index in [2.05, 4.69) is 10.3 Å². The van der Waals surface area contributed by atoms with Crippen LogP contribution in [0, 0.1) is 11.6 Å². The van der Waals surface area contributed by atoms with E-state index in [-0.39, 0.29) is 18.2 Å². The maximum atomic E-state index is 13.4. The molecule has 0 spiro atoms. The van der Waals surface area contributed by atoms with Gasteiger partial charge >= 0.3 is 0 Å². The van der Waals surface area contributed by atoms with Crippen molar-refractivity contribution in [3.63, 3.8) is 0 Å². The summed E-state index contributed by atoms with van der Waals surface area (Å²) in [5.74, 6) is -1.19. The molecule has 2 N–H and O–H groups in total. The molecular weight excluding hydrogens is 226 g/mol. The molecule has 0 saturated carbocycles. The molecule has 17 heavy (non-hydrogen) atoms. The molecule has 6 heteroatoms. The molecule has 2 aromatic rings. The molecule has 0 radical (unpaired) electrons. The summed E-state index contributed by atoms with van der Waals surface area (Å²) < 4.78 is 28.1. The van der Waals surface area contributed by atoms with Gasteiger partial charge in [0.25, 0.3) is 0 Å². The number of hydrogen-bond acceptors (Lipinski definition) is 3. The van der Waals surface area contributed by atoms with Gasteiger partial charge < -0.3 is 5.73 Å². The van der Waals surface area contributed by atoms with E-state index in [1.54, 1.807) is 13.1 Å². The van der Waals surface area contributed by atoms with Gasteiger partial charge in [0, 0.05) is 11.6 Å². The lowest BCUT2D eigenvalue weighted by atomic mass is 10.2. The fourth-order valence-corrected chi connectivity index (χ4v) is 1.44. The lowest BCUT2D eigenvalue weighted by Gasteiger charge is -2.04. The van der Waals surface area contributed by atoms with Crippen molar-refractivity contribution in [3.8, 4) is 0 Å². The van der Waals surface area contributed by atoms with E-state index in [0.717, 1.165) is 0 Å². The molecule has 0 aliphatic carbocycles. The Morgan fingerprint density at radius 1 is 1.35 bits per heavy atom. The van der Waals surface area contributed by atoms with Gasteiger partial charge in [0.2, 0.25) is 0 Å². The van der Waals surface area contributed by atoms with E-state index >= 15 is 0 Å². The van der Waals surface area contributed by atoms with E-state index in [4.69, 9.17) is 5.73 Å². The molecule has 90 valence electrons. The summed E-state index contributed by atoms with van der Waals surface area (Å²) in [5, 5.41) is 7.58. The zero-order chi connectivity index (χ0) is 12.4. The molecule has 2 rings (SSSR count). The van der Waals surface area contributed by atoms with Crippen LogP contribution < -0.4 is 5.73 Å².